The van der Waals surface area contributed by atoms with Crippen molar-refractivity contribution >= 4 is 5.91 Å². The van der Waals surface area contributed by atoms with Gasteiger partial charge in [0.2, 0.25) is 5.91 Å². The summed E-state index contributed by atoms with van der Waals surface area (Å²) in [7, 11) is 1.97. The van der Waals surface area contributed by atoms with E-state index in [0.29, 0.717) is 6.04 Å². The smallest absolute Gasteiger partial charge is 0.240 e. The average molecular weight is 246 g/mol. The second kappa shape index (κ2) is 5.69. The molecule has 1 amide bonds. The molecule has 1 heterocycles. The van der Waals surface area contributed by atoms with Gasteiger partial charge in [-0.15, -0.1) is 0 Å². The minimum atomic E-state index is -0.120. The number of carbonyl (C=O) groups is 1. The number of nitrogens with zero attached hydrogens (tertiary/aromatic N) is 2. The van der Waals surface area contributed by atoms with E-state index in [9.17, 15) is 4.79 Å². The molecule has 18 heavy (non-hydrogen) atoms. The predicted molar refractivity (Wildman–Crippen MR) is 67.8 cm³/mol. The molecule has 0 spiro atoms. The fourth-order valence-electron chi connectivity index (χ4n) is 2.50. The van der Waals surface area contributed by atoms with Crippen LogP contribution in [0.3, 0.4) is 0 Å². The Hall–Kier alpha value is -1.80. The van der Waals surface area contributed by atoms with Crippen LogP contribution in [0.4, 0.5) is 0 Å². The Morgan fingerprint density at radius 1 is 1.61 bits per heavy atom. The minimum Gasteiger partial charge on any atom is -0.344 e. The van der Waals surface area contributed by atoms with Crippen molar-refractivity contribution < 1.29 is 4.79 Å². The molecular formula is C13H18N4O. The lowest BCUT2D eigenvalue weighted by molar-refractivity contribution is -0.121. The summed E-state index contributed by atoms with van der Waals surface area (Å²) >= 11 is 0. The van der Waals surface area contributed by atoms with Gasteiger partial charge in [0.05, 0.1) is 6.07 Å². The van der Waals surface area contributed by atoms with Crippen molar-refractivity contribution in [2.24, 2.45) is 0 Å². The molecule has 0 saturated heterocycles. The molecule has 1 unspecified atom stereocenters. The van der Waals surface area contributed by atoms with Crippen LogP contribution in [0.5, 0.6) is 0 Å². The Morgan fingerprint density at radius 2 is 2.44 bits per heavy atom. The highest BCUT2D eigenvalue weighted by Gasteiger charge is 2.20. The summed E-state index contributed by atoms with van der Waals surface area (Å²) in [5.41, 5.74) is 2.63. The quantitative estimate of drug-likeness (QED) is 0.769. The molecule has 2 rings (SSSR count). The zero-order valence-corrected chi connectivity index (χ0v) is 10.6. The molecule has 1 aromatic rings. The van der Waals surface area contributed by atoms with Crippen molar-refractivity contribution in [1.29, 1.82) is 5.26 Å². The maximum atomic E-state index is 11.5. The molecule has 0 saturated carbocycles. The minimum absolute atomic E-state index is 0.0684. The van der Waals surface area contributed by atoms with Gasteiger partial charge in [-0.05, 0) is 37.4 Å². The zero-order chi connectivity index (χ0) is 13.0. The van der Waals surface area contributed by atoms with Crippen molar-refractivity contribution in [2.75, 3.05) is 13.6 Å². The Labute approximate surface area is 107 Å². The van der Waals surface area contributed by atoms with Gasteiger partial charge < -0.3 is 15.2 Å². The summed E-state index contributed by atoms with van der Waals surface area (Å²) in [4.78, 5) is 11.5. The molecule has 0 fully saturated rings. The molecule has 0 radical (unpaired) electrons. The number of aryl methyl sites for hydroxylation is 1. The topological polar surface area (TPSA) is 69.8 Å². The Kier molecular flexibility index (Phi) is 4.00. The normalized spacial score (nSPS) is 17.9. The molecule has 0 aliphatic heterocycles. The monoisotopic (exact) mass is 246 g/mol. The van der Waals surface area contributed by atoms with E-state index >= 15 is 0 Å². The third kappa shape index (κ3) is 2.71. The molecule has 1 atom stereocenters. The number of carbonyl (C=O) groups excluding carboxylic acids is 1. The van der Waals surface area contributed by atoms with Crippen LogP contribution < -0.4 is 10.6 Å². The highest BCUT2D eigenvalue weighted by molar-refractivity contribution is 5.76. The number of hydrogen-bond donors (Lipinski definition) is 2. The lowest BCUT2D eigenvalue weighted by Gasteiger charge is -2.21. The van der Waals surface area contributed by atoms with Crippen LogP contribution in [0.2, 0.25) is 0 Å². The third-order valence-corrected chi connectivity index (χ3v) is 3.35. The van der Waals surface area contributed by atoms with Gasteiger partial charge in [0.1, 0.15) is 13.1 Å². The van der Waals surface area contributed by atoms with E-state index in [0.717, 1.165) is 12.8 Å². The van der Waals surface area contributed by atoms with E-state index < -0.39 is 0 Å². The van der Waals surface area contributed by atoms with Gasteiger partial charge in [0.25, 0.3) is 0 Å². The highest BCUT2D eigenvalue weighted by atomic mass is 16.1. The average Bonchev–Trinajstić information content (AvgIpc) is 2.78. The summed E-state index contributed by atoms with van der Waals surface area (Å²) in [5.74, 6) is -0.120. The Balaban J connectivity index is 2.05. The van der Waals surface area contributed by atoms with Gasteiger partial charge in [-0.1, -0.05) is 0 Å². The van der Waals surface area contributed by atoms with Crippen LogP contribution in [0, 0.1) is 11.3 Å². The number of hydrogen-bond acceptors (Lipinski definition) is 3. The first-order chi connectivity index (χ1) is 8.74. The second-order valence-electron chi connectivity index (χ2n) is 4.58. The van der Waals surface area contributed by atoms with Crippen molar-refractivity contribution in [3.8, 4) is 6.07 Å². The van der Waals surface area contributed by atoms with Crippen LogP contribution in [0.1, 0.15) is 30.0 Å². The molecule has 5 nitrogen and oxygen atoms in total. The number of aromatic nitrogens is 1. The second-order valence-corrected chi connectivity index (χ2v) is 4.58. The molecule has 5 heteroatoms. The molecule has 96 valence electrons. The Morgan fingerprint density at radius 3 is 3.17 bits per heavy atom. The fourth-order valence-corrected chi connectivity index (χ4v) is 2.50. The molecule has 2 N–H and O–H groups in total. The SMILES string of the molecule is CNC1CCCc2cn(CC(=O)NCC#N)cc21. The first kappa shape index (κ1) is 12.7. The van der Waals surface area contributed by atoms with Gasteiger partial charge in [-0.25, -0.2) is 0 Å². The lowest BCUT2D eigenvalue weighted by atomic mass is 9.91. The van der Waals surface area contributed by atoms with Crippen LogP contribution in [0.15, 0.2) is 12.4 Å². The van der Waals surface area contributed by atoms with Crippen LogP contribution in [-0.2, 0) is 17.8 Å². The van der Waals surface area contributed by atoms with Crippen molar-refractivity contribution in [3.05, 3.63) is 23.5 Å². The highest BCUT2D eigenvalue weighted by Crippen LogP contribution is 2.29. The van der Waals surface area contributed by atoms with Gasteiger partial charge in [0, 0.05) is 18.4 Å². The van der Waals surface area contributed by atoms with Crippen molar-refractivity contribution in [1.82, 2.24) is 15.2 Å². The number of fused-ring (bicyclic) bond motifs is 1. The molecule has 1 aromatic heterocycles. The zero-order valence-electron chi connectivity index (χ0n) is 10.6. The van der Waals surface area contributed by atoms with E-state index in [2.05, 4.69) is 10.6 Å². The lowest BCUT2D eigenvalue weighted by Crippen LogP contribution is -2.27. The summed E-state index contributed by atoms with van der Waals surface area (Å²) in [6.45, 7) is 0.351. The van der Waals surface area contributed by atoms with Crippen molar-refractivity contribution in [3.63, 3.8) is 0 Å². The first-order valence-electron chi connectivity index (χ1n) is 6.24. The van der Waals surface area contributed by atoms with Gasteiger partial charge in [0.15, 0.2) is 0 Å². The van der Waals surface area contributed by atoms with Gasteiger partial charge in [-0.2, -0.15) is 5.26 Å². The number of rotatable bonds is 4. The molecule has 0 bridgehead atoms. The predicted octanol–water partition coefficient (Wildman–Crippen LogP) is 0.725. The van der Waals surface area contributed by atoms with Gasteiger partial charge >= 0.3 is 0 Å². The molecule has 1 aliphatic carbocycles. The maximum Gasteiger partial charge on any atom is 0.240 e. The van der Waals surface area contributed by atoms with E-state index in [1.165, 1.54) is 17.5 Å². The summed E-state index contributed by atoms with van der Waals surface area (Å²) in [6, 6.07) is 2.30. The van der Waals surface area contributed by atoms with E-state index in [4.69, 9.17) is 5.26 Å². The fraction of sp³-hybridized carbons (Fsp3) is 0.538. The van der Waals surface area contributed by atoms with E-state index in [1.807, 2.05) is 30.1 Å². The number of amides is 1. The number of nitriles is 1. The molecule has 0 aromatic carbocycles. The van der Waals surface area contributed by atoms with Crippen LogP contribution >= 0.6 is 0 Å². The maximum absolute atomic E-state index is 11.5. The molecule has 1 aliphatic rings. The molecular weight excluding hydrogens is 228 g/mol. The number of nitrogens with one attached hydrogen (secondary N) is 2. The van der Waals surface area contributed by atoms with E-state index in [1.54, 1.807) is 0 Å². The van der Waals surface area contributed by atoms with E-state index in [-0.39, 0.29) is 19.0 Å². The largest absolute Gasteiger partial charge is 0.344 e. The standard InChI is InChI=1S/C13H18N4O/c1-15-12-4-2-3-10-7-17(8-11(10)12)9-13(18)16-6-5-14/h7-8,12,15H,2-4,6,9H2,1H3,(H,16,18). The van der Waals surface area contributed by atoms with Crippen molar-refractivity contribution in [2.45, 2.75) is 31.8 Å². The summed E-state index contributed by atoms with van der Waals surface area (Å²) < 4.78 is 1.91. The first-order valence-corrected chi connectivity index (χ1v) is 6.24. The van der Waals surface area contributed by atoms with Crippen LogP contribution in [0.25, 0.3) is 0 Å². The summed E-state index contributed by atoms with van der Waals surface area (Å²) in [5, 5.41) is 14.3. The van der Waals surface area contributed by atoms with Crippen LogP contribution in [-0.4, -0.2) is 24.1 Å². The summed E-state index contributed by atoms with van der Waals surface area (Å²) in [6.07, 6.45) is 7.50. The Bertz CT molecular complexity index is 472. The van der Waals surface area contributed by atoms with Gasteiger partial charge in [-0.3, -0.25) is 4.79 Å². The third-order valence-electron chi connectivity index (χ3n) is 3.35.